The molecule has 0 radical (unpaired) electrons. The highest BCUT2D eigenvalue weighted by molar-refractivity contribution is 7.18. The first-order chi connectivity index (χ1) is 11.2. The van der Waals surface area contributed by atoms with E-state index >= 15 is 0 Å². The Kier molecular flexibility index (Phi) is 3.23. The van der Waals surface area contributed by atoms with Crippen LogP contribution in [0, 0.1) is 5.82 Å². The summed E-state index contributed by atoms with van der Waals surface area (Å²) in [6.45, 7) is 0. The van der Waals surface area contributed by atoms with E-state index in [2.05, 4.69) is 25.3 Å². The standard InChI is InChI=1S/C15H11FN6S/c1-22-11(5-6-19-22)15-20-12(9-3-2-4-10(16)7-9)13(23-15)14-17-8-18-21-14/h2-8H,1H3,(H,17,18,21). The number of hydrogen-bond donors (Lipinski definition) is 1. The Labute approximate surface area is 134 Å². The van der Waals surface area contributed by atoms with E-state index in [1.54, 1.807) is 16.9 Å². The third kappa shape index (κ3) is 2.42. The minimum Gasteiger partial charge on any atom is -0.327 e. The molecule has 23 heavy (non-hydrogen) atoms. The summed E-state index contributed by atoms with van der Waals surface area (Å²) in [7, 11) is 1.85. The van der Waals surface area contributed by atoms with Gasteiger partial charge in [0.2, 0.25) is 0 Å². The summed E-state index contributed by atoms with van der Waals surface area (Å²) >= 11 is 1.46. The monoisotopic (exact) mass is 326 g/mol. The maximum absolute atomic E-state index is 13.6. The predicted octanol–water partition coefficient (Wildman–Crippen LogP) is 3.13. The summed E-state index contributed by atoms with van der Waals surface area (Å²) in [6.07, 6.45) is 3.22. The first-order valence-corrected chi connectivity index (χ1v) is 7.65. The van der Waals surface area contributed by atoms with Crippen molar-refractivity contribution in [1.82, 2.24) is 29.9 Å². The maximum atomic E-state index is 13.6. The highest BCUT2D eigenvalue weighted by Crippen LogP contribution is 2.38. The second kappa shape index (κ2) is 5.40. The normalized spacial score (nSPS) is 11.0. The van der Waals surface area contributed by atoms with Gasteiger partial charge in [0.25, 0.3) is 0 Å². The number of rotatable bonds is 3. The molecule has 0 atom stereocenters. The van der Waals surface area contributed by atoms with Crippen molar-refractivity contribution in [1.29, 1.82) is 0 Å². The van der Waals surface area contributed by atoms with Crippen LogP contribution in [0.5, 0.6) is 0 Å². The molecule has 8 heteroatoms. The van der Waals surface area contributed by atoms with Crippen LogP contribution < -0.4 is 0 Å². The summed E-state index contributed by atoms with van der Waals surface area (Å²) in [5.41, 5.74) is 2.25. The molecule has 0 bridgehead atoms. The van der Waals surface area contributed by atoms with E-state index in [0.29, 0.717) is 17.1 Å². The summed E-state index contributed by atoms with van der Waals surface area (Å²) in [4.78, 5) is 8.48. The summed E-state index contributed by atoms with van der Waals surface area (Å²) in [6, 6.07) is 8.25. The fourth-order valence-electron chi connectivity index (χ4n) is 2.32. The summed E-state index contributed by atoms with van der Waals surface area (Å²) in [5.74, 6) is 0.302. The number of aromatic nitrogens is 6. The minimum absolute atomic E-state index is 0.305. The molecular formula is C15H11FN6S. The SMILES string of the molecule is Cn1nccc1-c1nc(-c2cccc(F)c2)c(-c2nnc[nH]2)s1. The van der Waals surface area contributed by atoms with E-state index in [1.807, 2.05) is 19.2 Å². The van der Waals surface area contributed by atoms with Crippen LogP contribution in [-0.2, 0) is 7.05 Å². The summed E-state index contributed by atoms with van der Waals surface area (Å²) < 4.78 is 15.3. The second-order valence-corrected chi connectivity index (χ2v) is 5.88. The van der Waals surface area contributed by atoms with Crippen molar-refractivity contribution in [2.75, 3.05) is 0 Å². The topological polar surface area (TPSA) is 72.3 Å². The molecule has 0 fully saturated rings. The van der Waals surface area contributed by atoms with Crippen LogP contribution in [-0.4, -0.2) is 29.9 Å². The van der Waals surface area contributed by atoms with Crippen molar-refractivity contribution in [3.8, 4) is 32.7 Å². The molecule has 1 N–H and O–H groups in total. The number of halogens is 1. The van der Waals surface area contributed by atoms with Crippen LogP contribution in [0.3, 0.4) is 0 Å². The third-order valence-electron chi connectivity index (χ3n) is 3.40. The van der Waals surface area contributed by atoms with Gasteiger partial charge in [-0.1, -0.05) is 12.1 Å². The van der Waals surface area contributed by atoms with Crippen LogP contribution in [0.15, 0.2) is 42.9 Å². The molecule has 3 aromatic heterocycles. The summed E-state index contributed by atoms with van der Waals surface area (Å²) in [5, 5.41) is 12.8. The minimum atomic E-state index is -0.305. The average molecular weight is 326 g/mol. The first kappa shape index (κ1) is 13.8. The van der Waals surface area contributed by atoms with Crippen molar-refractivity contribution >= 4 is 11.3 Å². The van der Waals surface area contributed by atoms with Gasteiger partial charge in [-0.15, -0.1) is 21.5 Å². The van der Waals surface area contributed by atoms with Gasteiger partial charge >= 0.3 is 0 Å². The number of thiazole rings is 1. The highest BCUT2D eigenvalue weighted by Gasteiger charge is 2.19. The highest BCUT2D eigenvalue weighted by atomic mass is 32.1. The molecule has 114 valence electrons. The largest absolute Gasteiger partial charge is 0.327 e. The van der Waals surface area contributed by atoms with Crippen LogP contribution in [0.1, 0.15) is 0 Å². The van der Waals surface area contributed by atoms with Gasteiger partial charge in [-0.05, 0) is 18.2 Å². The zero-order chi connectivity index (χ0) is 15.8. The molecule has 0 unspecified atom stereocenters. The van der Waals surface area contributed by atoms with Gasteiger partial charge < -0.3 is 4.98 Å². The lowest BCUT2D eigenvalue weighted by molar-refractivity contribution is 0.628. The zero-order valence-corrected chi connectivity index (χ0v) is 12.9. The number of hydrogen-bond acceptors (Lipinski definition) is 5. The van der Waals surface area contributed by atoms with E-state index in [1.165, 1.54) is 29.8 Å². The molecular weight excluding hydrogens is 315 g/mol. The molecule has 0 saturated heterocycles. The van der Waals surface area contributed by atoms with Crippen molar-refractivity contribution in [3.63, 3.8) is 0 Å². The number of aryl methyl sites for hydroxylation is 1. The Balaban J connectivity index is 1.93. The first-order valence-electron chi connectivity index (χ1n) is 6.84. The van der Waals surface area contributed by atoms with E-state index in [4.69, 9.17) is 0 Å². The van der Waals surface area contributed by atoms with Gasteiger partial charge in [0.05, 0.1) is 11.4 Å². The molecule has 0 aliphatic heterocycles. The Morgan fingerprint density at radius 2 is 2.17 bits per heavy atom. The van der Waals surface area contributed by atoms with E-state index in [0.717, 1.165) is 15.6 Å². The third-order valence-corrected chi connectivity index (χ3v) is 4.48. The smallest absolute Gasteiger partial charge is 0.173 e. The number of aromatic amines is 1. The average Bonchev–Trinajstić information content (AvgIpc) is 3.26. The van der Waals surface area contributed by atoms with Gasteiger partial charge in [-0.3, -0.25) is 4.68 Å². The van der Waals surface area contributed by atoms with Crippen LogP contribution in [0.4, 0.5) is 4.39 Å². The molecule has 0 saturated carbocycles. The van der Waals surface area contributed by atoms with Gasteiger partial charge in [-0.2, -0.15) is 5.10 Å². The number of nitrogens with zero attached hydrogens (tertiary/aromatic N) is 5. The molecule has 6 nitrogen and oxygen atoms in total. The lowest BCUT2D eigenvalue weighted by atomic mass is 10.1. The molecule has 0 aliphatic carbocycles. The predicted molar refractivity (Wildman–Crippen MR) is 85.1 cm³/mol. The van der Waals surface area contributed by atoms with Gasteiger partial charge in [-0.25, -0.2) is 9.37 Å². The van der Waals surface area contributed by atoms with E-state index in [9.17, 15) is 4.39 Å². The fourth-order valence-corrected chi connectivity index (χ4v) is 3.41. The fraction of sp³-hybridized carbons (Fsp3) is 0.0667. The van der Waals surface area contributed by atoms with Crippen molar-refractivity contribution in [2.45, 2.75) is 0 Å². The maximum Gasteiger partial charge on any atom is 0.173 e. The second-order valence-electron chi connectivity index (χ2n) is 4.88. The van der Waals surface area contributed by atoms with Crippen LogP contribution >= 0.6 is 11.3 Å². The molecule has 4 aromatic rings. The van der Waals surface area contributed by atoms with Crippen molar-refractivity contribution in [2.24, 2.45) is 7.05 Å². The Bertz CT molecular complexity index is 956. The number of H-pyrrole nitrogens is 1. The molecule has 0 amide bonds. The van der Waals surface area contributed by atoms with E-state index < -0.39 is 0 Å². The Morgan fingerprint density at radius 1 is 1.26 bits per heavy atom. The molecule has 3 heterocycles. The number of nitrogens with one attached hydrogen (secondary N) is 1. The van der Waals surface area contributed by atoms with Crippen LogP contribution in [0.2, 0.25) is 0 Å². The lowest BCUT2D eigenvalue weighted by Crippen LogP contribution is -1.92. The van der Waals surface area contributed by atoms with Gasteiger partial charge in [0, 0.05) is 18.8 Å². The molecule has 4 rings (SSSR count). The Morgan fingerprint density at radius 3 is 2.87 bits per heavy atom. The molecule has 0 aliphatic rings. The van der Waals surface area contributed by atoms with Crippen molar-refractivity contribution < 1.29 is 4.39 Å². The quantitative estimate of drug-likeness (QED) is 0.628. The lowest BCUT2D eigenvalue weighted by Gasteiger charge is -2.00. The Hall–Kier alpha value is -2.87. The van der Waals surface area contributed by atoms with Crippen LogP contribution in [0.25, 0.3) is 32.7 Å². The van der Waals surface area contributed by atoms with E-state index in [-0.39, 0.29) is 5.82 Å². The van der Waals surface area contributed by atoms with Gasteiger partial charge in [0.1, 0.15) is 22.0 Å². The number of benzene rings is 1. The van der Waals surface area contributed by atoms with Gasteiger partial charge in [0.15, 0.2) is 5.82 Å². The molecule has 1 aromatic carbocycles. The zero-order valence-electron chi connectivity index (χ0n) is 12.1. The van der Waals surface area contributed by atoms with Crippen molar-refractivity contribution in [3.05, 3.63) is 48.7 Å². The molecule has 0 spiro atoms.